The van der Waals surface area contributed by atoms with Gasteiger partial charge in [0, 0.05) is 11.8 Å². The number of rotatable bonds is 2. The molecule has 0 fully saturated rings. The molecule has 0 aliphatic heterocycles. The largest absolute Gasteiger partial charge is 0.476 e. The van der Waals surface area contributed by atoms with Crippen molar-refractivity contribution < 1.29 is 14.3 Å². The first kappa shape index (κ1) is 11.0. The lowest BCUT2D eigenvalue weighted by Gasteiger charge is -2.00. The summed E-state index contributed by atoms with van der Waals surface area (Å²) in [6.07, 6.45) is 1.01. The Morgan fingerprint density at radius 2 is 1.94 bits per heavy atom. The standard InChI is InChI=1S/C11H7FN2O3/c12-7-3-1-6(2-4-7)9-10(15)13-5-8(14-9)11(16)17/h1-5H,(H,13,15)(H,16,17). The number of hydrogen-bond acceptors (Lipinski definition) is 3. The average Bonchev–Trinajstić information content (AvgIpc) is 2.31. The van der Waals surface area contributed by atoms with Gasteiger partial charge in [0.15, 0.2) is 5.69 Å². The van der Waals surface area contributed by atoms with E-state index in [4.69, 9.17) is 5.11 Å². The average molecular weight is 234 g/mol. The smallest absolute Gasteiger partial charge is 0.356 e. The molecule has 0 radical (unpaired) electrons. The summed E-state index contributed by atoms with van der Waals surface area (Å²) < 4.78 is 12.7. The van der Waals surface area contributed by atoms with Crippen LogP contribution in [0.1, 0.15) is 10.5 Å². The first-order chi connectivity index (χ1) is 8.08. The molecule has 1 aromatic heterocycles. The molecule has 0 aliphatic rings. The molecular weight excluding hydrogens is 227 g/mol. The number of H-pyrrole nitrogens is 1. The summed E-state index contributed by atoms with van der Waals surface area (Å²) in [4.78, 5) is 28.2. The minimum Gasteiger partial charge on any atom is -0.476 e. The lowest BCUT2D eigenvalue weighted by Crippen LogP contribution is -2.14. The van der Waals surface area contributed by atoms with Crippen molar-refractivity contribution in [1.29, 1.82) is 0 Å². The van der Waals surface area contributed by atoms with Gasteiger partial charge in [0.1, 0.15) is 11.5 Å². The molecule has 5 nitrogen and oxygen atoms in total. The summed E-state index contributed by atoms with van der Waals surface area (Å²) in [7, 11) is 0. The molecule has 2 rings (SSSR count). The van der Waals surface area contributed by atoms with E-state index in [1.54, 1.807) is 0 Å². The van der Waals surface area contributed by atoms with Crippen LogP contribution in [-0.4, -0.2) is 21.0 Å². The Balaban J connectivity index is 2.58. The van der Waals surface area contributed by atoms with Crippen molar-refractivity contribution in [2.24, 2.45) is 0 Å². The van der Waals surface area contributed by atoms with Crippen molar-refractivity contribution in [2.45, 2.75) is 0 Å². The highest BCUT2D eigenvalue weighted by molar-refractivity contribution is 5.85. The van der Waals surface area contributed by atoms with E-state index in [1.807, 2.05) is 0 Å². The second kappa shape index (κ2) is 4.17. The number of aromatic carboxylic acids is 1. The van der Waals surface area contributed by atoms with Crippen molar-refractivity contribution in [3.05, 3.63) is 52.3 Å². The van der Waals surface area contributed by atoms with Crippen LogP contribution in [0.4, 0.5) is 4.39 Å². The van der Waals surface area contributed by atoms with Gasteiger partial charge in [-0.15, -0.1) is 0 Å². The van der Waals surface area contributed by atoms with Crippen molar-refractivity contribution in [1.82, 2.24) is 9.97 Å². The van der Waals surface area contributed by atoms with Crippen molar-refractivity contribution in [2.75, 3.05) is 0 Å². The van der Waals surface area contributed by atoms with Crippen molar-refractivity contribution in [3.63, 3.8) is 0 Å². The maximum atomic E-state index is 12.7. The first-order valence-electron chi connectivity index (χ1n) is 4.67. The fourth-order valence-corrected chi connectivity index (χ4v) is 1.32. The van der Waals surface area contributed by atoms with Gasteiger partial charge in [-0.2, -0.15) is 0 Å². The fourth-order valence-electron chi connectivity index (χ4n) is 1.32. The minimum absolute atomic E-state index is 0.0510. The van der Waals surface area contributed by atoms with Crippen LogP contribution in [0.25, 0.3) is 11.3 Å². The number of nitrogens with zero attached hydrogens (tertiary/aromatic N) is 1. The van der Waals surface area contributed by atoms with Gasteiger partial charge in [-0.25, -0.2) is 14.2 Å². The third-order valence-electron chi connectivity index (χ3n) is 2.12. The third-order valence-corrected chi connectivity index (χ3v) is 2.12. The highest BCUT2D eigenvalue weighted by atomic mass is 19.1. The molecule has 0 aliphatic carbocycles. The van der Waals surface area contributed by atoms with E-state index in [1.165, 1.54) is 24.3 Å². The van der Waals surface area contributed by atoms with Gasteiger partial charge in [0.2, 0.25) is 0 Å². The Labute approximate surface area is 94.6 Å². The van der Waals surface area contributed by atoms with Gasteiger partial charge in [0.05, 0.1) is 0 Å². The minimum atomic E-state index is -1.25. The van der Waals surface area contributed by atoms with Gasteiger partial charge in [0.25, 0.3) is 5.56 Å². The van der Waals surface area contributed by atoms with Crippen LogP contribution in [0.15, 0.2) is 35.3 Å². The molecule has 0 saturated carbocycles. The number of benzene rings is 1. The molecule has 0 atom stereocenters. The Kier molecular flexibility index (Phi) is 2.70. The molecule has 2 N–H and O–H groups in total. The van der Waals surface area contributed by atoms with E-state index in [2.05, 4.69) is 9.97 Å². The van der Waals surface area contributed by atoms with Gasteiger partial charge in [-0.05, 0) is 24.3 Å². The molecule has 0 unspecified atom stereocenters. The van der Waals surface area contributed by atoms with Gasteiger partial charge >= 0.3 is 5.97 Å². The van der Waals surface area contributed by atoms with Crippen molar-refractivity contribution in [3.8, 4) is 11.3 Å². The highest BCUT2D eigenvalue weighted by Crippen LogP contribution is 2.13. The van der Waals surface area contributed by atoms with Crippen LogP contribution < -0.4 is 5.56 Å². The first-order valence-corrected chi connectivity index (χ1v) is 4.67. The summed E-state index contributed by atoms with van der Waals surface area (Å²) >= 11 is 0. The normalized spacial score (nSPS) is 10.2. The fraction of sp³-hybridized carbons (Fsp3) is 0. The van der Waals surface area contributed by atoms with E-state index in [0.29, 0.717) is 5.56 Å². The number of aromatic nitrogens is 2. The number of carbonyl (C=O) groups is 1. The Hall–Kier alpha value is -2.50. The van der Waals surface area contributed by atoms with Crippen molar-refractivity contribution >= 4 is 5.97 Å². The number of nitrogens with one attached hydrogen (secondary N) is 1. The number of aromatic amines is 1. The SMILES string of the molecule is O=C(O)c1c[nH]c(=O)c(-c2ccc(F)cc2)n1. The quantitative estimate of drug-likeness (QED) is 0.819. The Bertz CT molecular complexity index is 619. The molecule has 0 amide bonds. The maximum absolute atomic E-state index is 12.7. The second-order valence-corrected chi connectivity index (χ2v) is 3.28. The predicted octanol–water partition coefficient (Wildman–Crippen LogP) is 1.27. The lowest BCUT2D eigenvalue weighted by atomic mass is 10.1. The van der Waals surface area contributed by atoms with Gasteiger partial charge < -0.3 is 10.1 Å². The number of carboxylic acids is 1. The monoisotopic (exact) mass is 234 g/mol. The highest BCUT2D eigenvalue weighted by Gasteiger charge is 2.10. The lowest BCUT2D eigenvalue weighted by molar-refractivity contribution is 0.0690. The van der Waals surface area contributed by atoms with E-state index in [9.17, 15) is 14.0 Å². The van der Waals surface area contributed by atoms with E-state index < -0.39 is 17.3 Å². The molecule has 2 aromatic rings. The Morgan fingerprint density at radius 3 is 2.53 bits per heavy atom. The molecule has 0 saturated heterocycles. The van der Waals surface area contributed by atoms with Gasteiger partial charge in [-0.3, -0.25) is 4.79 Å². The maximum Gasteiger partial charge on any atom is 0.356 e. The summed E-state index contributed by atoms with van der Waals surface area (Å²) in [5.41, 5.74) is -0.494. The molecule has 86 valence electrons. The summed E-state index contributed by atoms with van der Waals surface area (Å²) in [5.74, 6) is -1.69. The number of halogens is 1. The summed E-state index contributed by atoms with van der Waals surface area (Å²) in [5, 5.41) is 8.75. The zero-order valence-corrected chi connectivity index (χ0v) is 8.48. The summed E-state index contributed by atoms with van der Waals surface area (Å²) in [6.45, 7) is 0. The van der Waals surface area contributed by atoms with E-state index in [0.717, 1.165) is 6.20 Å². The summed E-state index contributed by atoms with van der Waals surface area (Å²) in [6, 6.07) is 5.06. The van der Waals surface area contributed by atoms with Crippen LogP contribution in [0.5, 0.6) is 0 Å². The molecule has 1 aromatic carbocycles. The molecule has 0 spiro atoms. The zero-order chi connectivity index (χ0) is 12.4. The van der Waals surface area contributed by atoms with Crippen LogP contribution in [0.2, 0.25) is 0 Å². The molecular formula is C11H7FN2O3. The predicted molar refractivity (Wildman–Crippen MR) is 57.2 cm³/mol. The van der Waals surface area contributed by atoms with Crippen LogP contribution >= 0.6 is 0 Å². The third kappa shape index (κ3) is 2.20. The van der Waals surface area contributed by atoms with Crippen LogP contribution in [0, 0.1) is 5.82 Å². The topological polar surface area (TPSA) is 83.0 Å². The molecule has 1 heterocycles. The zero-order valence-electron chi connectivity index (χ0n) is 8.48. The Morgan fingerprint density at radius 1 is 1.29 bits per heavy atom. The molecule has 17 heavy (non-hydrogen) atoms. The number of carboxylic acid groups (broad SMARTS) is 1. The van der Waals surface area contributed by atoms with E-state index in [-0.39, 0.29) is 11.4 Å². The van der Waals surface area contributed by atoms with Crippen LogP contribution in [0.3, 0.4) is 0 Å². The molecule has 0 bridgehead atoms. The van der Waals surface area contributed by atoms with Crippen LogP contribution in [-0.2, 0) is 0 Å². The van der Waals surface area contributed by atoms with E-state index >= 15 is 0 Å². The number of hydrogen-bond donors (Lipinski definition) is 2. The van der Waals surface area contributed by atoms with Gasteiger partial charge in [-0.1, -0.05) is 0 Å². The second-order valence-electron chi connectivity index (χ2n) is 3.28. The molecule has 6 heteroatoms.